The molecule has 1 heterocycles. The molecule has 0 aromatic heterocycles. The Balaban J connectivity index is 1.92. The maximum absolute atomic E-state index is 12.6. The largest absolute Gasteiger partial charge is 0.477 e. The van der Waals surface area contributed by atoms with Crippen LogP contribution in [0.2, 0.25) is 0 Å². The van der Waals surface area contributed by atoms with E-state index in [0.29, 0.717) is 34.0 Å². The molecule has 0 radical (unpaired) electrons. The maximum Gasteiger partial charge on any atom is 0.420 e. The van der Waals surface area contributed by atoms with Crippen LogP contribution in [-0.2, 0) is 25.3 Å². The Morgan fingerprint density at radius 2 is 1.82 bits per heavy atom. The Morgan fingerprint density at radius 3 is 2.42 bits per heavy atom. The van der Waals surface area contributed by atoms with E-state index < -0.39 is 32.8 Å². The maximum atomic E-state index is 12.6. The van der Waals surface area contributed by atoms with Gasteiger partial charge in [0.1, 0.15) is 4.86 Å². The quantitative estimate of drug-likeness (QED) is 0.542. The molecule has 3 rings (SSSR count). The number of carboxylic acids is 1. The predicted octanol–water partition coefficient (Wildman–Crippen LogP) is 3.44. The van der Waals surface area contributed by atoms with Crippen molar-refractivity contribution in [3.8, 4) is 11.1 Å². The van der Waals surface area contributed by atoms with Crippen LogP contribution >= 0.6 is 10.7 Å². The number of nitrogens with zero attached hydrogens (tertiary/aromatic N) is 2. The second-order valence-corrected chi connectivity index (χ2v) is 10.7. The molecule has 0 aliphatic carbocycles. The van der Waals surface area contributed by atoms with Gasteiger partial charge in [0.25, 0.3) is 10.0 Å². The van der Waals surface area contributed by atoms with Gasteiger partial charge < -0.3 is 9.84 Å². The predicted molar refractivity (Wildman–Crippen MR) is 129 cm³/mol. The number of rotatable bonds is 8. The number of hydrogen-bond acceptors (Lipinski definition) is 7. The lowest BCUT2D eigenvalue weighted by molar-refractivity contribution is -0.128. The molecule has 1 amide bonds. The number of amides is 1. The minimum Gasteiger partial charge on any atom is -0.477 e. The Bertz CT molecular complexity index is 1240. The fraction of sp³-hybridized carbons (Fsp3) is 0.273. The molecule has 0 saturated carbocycles. The van der Waals surface area contributed by atoms with Crippen LogP contribution in [0.15, 0.2) is 58.5 Å². The van der Waals surface area contributed by atoms with Crippen molar-refractivity contribution < 1.29 is 27.9 Å². The summed E-state index contributed by atoms with van der Waals surface area (Å²) in [5.41, 5.74) is 2.49. The molecule has 9 nitrogen and oxygen atoms in total. The minimum absolute atomic E-state index is 0.0551. The lowest BCUT2D eigenvalue weighted by Crippen LogP contribution is -2.30. The van der Waals surface area contributed by atoms with E-state index in [4.69, 9.17) is 0 Å². The standard InChI is InChI=1S/C22H25N3O6S2/c1-4-13-25-23-15(2)20(21(26)27)32(25)14-16-9-11-17(12-10-16)18-7-5-6-8-19(18)33(29,30)24-22(28)31-3/h5-12H,4,13-14H2,1-3H3,(H,24,28)(H,26,27). The van der Waals surface area contributed by atoms with Gasteiger partial charge in [-0.3, -0.25) is 0 Å². The van der Waals surface area contributed by atoms with Crippen molar-refractivity contribution in [3.05, 3.63) is 54.1 Å². The second kappa shape index (κ2) is 10.2. The number of carbonyl (C=O) groups is 2. The average Bonchev–Trinajstić information content (AvgIpc) is 3.09. The molecule has 33 heavy (non-hydrogen) atoms. The Morgan fingerprint density at radius 1 is 1.15 bits per heavy atom. The number of sulfonamides is 1. The Labute approximate surface area is 195 Å². The zero-order valence-electron chi connectivity index (χ0n) is 18.4. The van der Waals surface area contributed by atoms with Gasteiger partial charge in [0.05, 0.1) is 17.7 Å². The van der Waals surface area contributed by atoms with Crippen molar-refractivity contribution in [1.82, 2.24) is 9.14 Å². The molecule has 2 aromatic carbocycles. The highest BCUT2D eigenvalue weighted by atomic mass is 32.2. The van der Waals surface area contributed by atoms with E-state index in [9.17, 15) is 23.1 Å². The highest BCUT2D eigenvalue weighted by molar-refractivity contribution is 8.15. The summed E-state index contributed by atoms with van der Waals surface area (Å²) in [6.07, 6.45) is -0.228. The number of aliphatic carboxylic acids is 1. The molecule has 176 valence electrons. The molecule has 1 unspecified atom stereocenters. The van der Waals surface area contributed by atoms with Crippen LogP contribution in [0.4, 0.5) is 4.79 Å². The van der Waals surface area contributed by atoms with Crippen molar-refractivity contribution in [2.75, 3.05) is 13.7 Å². The van der Waals surface area contributed by atoms with Crippen LogP contribution in [0, 0.1) is 0 Å². The smallest absolute Gasteiger partial charge is 0.420 e. The first kappa shape index (κ1) is 24.5. The van der Waals surface area contributed by atoms with Gasteiger partial charge in [-0.2, -0.15) is 5.10 Å². The first-order valence-electron chi connectivity index (χ1n) is 10.1. The van der Waals surface area contributed by atoms with Crippen LogP contribution in [0.25, 0.3) is 11.1 Å². The first-order valence-corrected chi connectivity index (χ1v) is 12.9. The highest BCUT2D eigenvalue weighted by Gasteiger charge is 2.27. The van der Waals surface area contributed by atoms with E-state index in [2.05, 4.69) is 9.84 Å². The number of hydrazone groups is 1. The molecule has 0 bridgehead atoms. The fourth-order valence-electron chi connectivity index (χ4n) is 3.38. The summed E-state index contributed by atoms with van der Waals surface area (Å²) in [5.74, 6) is -0.487. The number of ether oxygens (including phenoxy) is 1. The molecule has 0 saturated heterocycles. The van der Waals surface area contributed by atoms with Crippen molar-refractivity contribution in [2.24, 2.45) is 5.10 Å². The summed E-state index contributed by atoms with van der Waals surface area (Å²) in [6, 6.07) is 13.6. The van der Waals surface area contributed by atoms with Gasteiger partial charge in [0, 0.05) is 17.9 Å². The van der Waals surface area contributed by atoms with E-state index in [0.717, 1.165) is 19.1 Å². The summed E-state index contributed by atoms with van der Waals surface area (Å²) in [5, 5.41) is 14.1. The number of carboxylic acid groups (broad SMARTS) is 1. The van der Waals surface area contributed by atoms with Crippen LogP contribution < -0.4 is 4.72 Å². The lowest BCUT2D eigenvalue weighted by Gasteiger charge is -2.20. The molecule has 2 N–H and O–H groups in total. The van der Waals surface area contributed by atoms with Crippen LogP contribution in [0.5, 0.6) is 0 Å². The Hall–Kier alpha value is -3.18. The number of benzene rings is 2. The molecule has 2 aromatic rings. The third-order valence-electron chi connectivity index (χ3n) is 4.84. The highest BCUT2D eigenvalue weighted by Crippen LogP contribution is 2.34. The van der Waals surface area contributed by atoms with E-state index in [1.807, 2.05) is 28.2 Å². The fourth-order valence-corrected chi connectivity index (χ4v) is 6.74. The van der Waals surface area contributed by atoms with Gasteiger partial charge in [-0.1, -0.05) is 60.1 Å². The SMILES string of the molecule is CCCN1N=C(C)C(C(=O)O)=S1Cc1ccc(-c2ccccc2S(=O)(=O)NC(=O)OC)cc1. The number of hydrogen-bond donors (Lipinski definition) is 2. The topological polar surface area (TPSA) is 125 Å². The van der Waals surface area contributed by atoms with Crippen molar-refractivity contribution in [3.63, 3.8) is 0 Å². The van der Waals surface area contributed by atoms with Crippen LogP contribution in [0.1, 0.15) is 25.8 Å². The molecule has 1 atom stereocenters. The molecular weight excluding hydrogens is 466 g/mol. The van der Waals surface area contributed by atoms with Crippen molar-refractivity contribution >= 4 is 43.3 Å². The van der Waals surface area contributed by atoms with Gasteiger partial charge in [0.2, 0.25) is 0 Å². The molecule has 0 fully saturated rings. The van der Waals surface area contributed by atoms with Gasteiger partial charge in [0.15, 0.2) is 0 Å². The van der Waals surface area contributed by atoms with E-state index in [-0.39, 0.29) is 4.90 Å². The number of carbonyl (C=O) groups excluding carboxylic acids is 1. The van der Waals surface area contributed by atoms with Crippen molar-refractivity contribution in [2.45, 2.75) is 30.9 Å². The zero-order valence-corrected chi connectivity index (χ0v) is 20.1. The monoisotopic (exact) mass is 491 g/mol. The normalized spacial score (nSPS) is 15.8. The average molecular weight is 492 g/mol. The zero-order chi connectivity index (χ0) is 24.2. The van der Waals surface area contributed by atoms with E-state index in [1.165, 1.54) is 6.07 Å². The minimum atomic E-state index is -4.13. The lowest BCUT2D eigenvalue weighted by atomic mass is 10.0. The summed E-state index contributed by atoms with van der Waals surface area (Å²) in [6.45, 7) is 4.39. The summed E-state index contributed by atoms with van der Waals surface area (Å²) in [7, 11) is -3.75. The molecule has 1 aliphatic heterocycles. The van der Waals surface area contributed by atoms with E-state index >= 15 is 0 Å². The third kappa shape index (κ3) is 5.42. The number of nitrogens with one attached hydrogen (secondary N) is 1. The third-order valence-corrected chi connectivity index (χ3v) is 8.53. The summed E-state index contributed by atoms with van der Waals surface area (Å²) < 4.78 is 33.4. The Kier molecular flexibility index (Phi) is 7.54. The van der Waals surface area contributed by atoms with Gasteiger partial charge >= 0.3 is 12.1 Å². The molecule has 1 aliphatic rings. The number of methoxy groups -OCH3 is 1. The van der Waals surface area contributed by atoms with Crippen LogP contribution in [0.3, 0.4) is 0 Å². The van der Waals surface area contributed by atoms with Gasteiger partial charge in [-0.25, -0.2) is 27.1 Å². The first-order chi connectivity index (χ1) is 15.7. The van der Waals surface area contributed by atoms with Gasteiger partial charge in [-0.05, 0) is 30.5 Å². The van der Waals surface area contributed by atoms with Crippen LogP contribution in [-0.4, -0.2) is 54.2 Å². The van der Waals surface area contributed by atoms with Crippen molar-refractivity contribution in [1.29, 1.82) is 0 Å². The summed E-state index contributed by atoms with van der Waals surface area (Å²) in [4.78, 5) is 23.5. The molecular formula is C22H25N3O6S2. The van der Waals surface area contributed by atoms with E-state index in [1.54, 1.807) is 37.3 Å². The van der Waals surface area contributed by atoms with Gasteiger partial charge in [-0.15, -0.1) is 0 Å². The summed E-state index contributed by atoms with van der Waals surface area (Å²) >= 11 is 0. The molecule has 11 heteroatoms. The molecule has 0 spiro atoms. The second-order valence-electron chi connectivity index (χ2n) is 7.19.